The van der Waals surface area contributed by atoms with Crippen LogP contribution in [0.3, 0.4) is 0 Å². The zero-order valence-corrected chi connectivity index (χ0v) is 11.1. The van der Waals surface area contributed by atoms with Gasteiger partial charge in [0, 0.05) is 31.8 Å². The van der Waals surface area contributed by atoms with Crippen LogP contribution in [0.1, 0.15) is 16.8 Å². The smallest absolute Gasteiger partial charge is 0.255 e. The highest BCUT2D eigenvalue weighted by atomic mass is 35.5. The summed E-state index contributed by atoms with van der Waals surface area (Å²) in [7, 11) is 1.68. The van der Waals surface area contributed by atoms with Gasteiger partial charge in [-0.25, -0.2) is 0 Å². The number of benzene rings is 1. The lowest BCUT2D eigenvalue weighted by Crippen LogP contribution is -2.29. The Labute approximate surface area is 112 Å². The first-order valence-corrected chi connectivity index (χ1v) is 6.33. The summed E-state index contributed by atoms with van der Waals surface area (Å²) in [5, 5.41) is 0.449. The molecular weight excluding hydrogens is 252 g/mol. The monoisotopic (exact) mass is 268 g/mol. The van der Waals surface area contributed by atoms with Crippen LogP contribution in [0.2, 0.25) is 5.02 Å². The van der Waals surface area contributed by atoms with Gasteiger partial charge in [0.2, 0.25) is 0 Å². The number of nitrogens with zero attached hydrogens (tertiary/aromatic N) is 1. The van der Waals surface area contributed by atoms with Gasteiger partial charge in [0.05, 0.1) is 17.2 Å². The Balaban J connectivity index is 2.10. The molecule has 5 heteroatoms. The number of halogens is 1. The fourth-order valence-electron chi connectivity index (χ4n) is 2.27. The van der Waals surface area contributed by atoms with Gasteiger partial charge in [-0.3, -0.25) is 4.79 Å². The van der Waals surface area contributed by atoms with Crippen LogP contribution in [0.5, 0.6) is 0 Å². The molecule has 98 valence electrons. The van der Waals surface area contributed by atoms with Crippen molar-refractivity contribution < 1.29 is 9.53 Å². The molecule has 1 saturated heterocycles. The Kier molecular flexibility index (Phi) is 4.09. The summed E-state index contributed by atoms with van der Waals surface area (Å²) in [6.07, 6.45) is 0.972. The zero-order valence-electron chi connectivity index (χ0n) is 10.4. The molecule has 0 aromatic heterocycles. The first-order chi connectivity index (χ1) is 8.61. The van der Waals surface area contributed by atoms with Crippen molar-refractivity contribution in [3.63, 3.8) is 0 Å². The van der Waals surface area contributed by atoms with E-state index in [1.54, 1.807) is 25.3 Å². The molecule has 1 amide bonds. The standard InChI is InChI=1S/C13H17ClN2O2/c1-18-8-9-4-5-16(7-9)13(17)11-6-10(15)2-3-12(11)14/h2-3,6,9H,4-5,7-8,15H2,1H3. The first kappa shape index (κ1) is 13.2. The third-order valence-corrected chi connectivity index (χ3v) is 3.53. The summed E-state index contributed by atoms with van der Waals surface area (Å²) in [5.74, 6) is 0.365. The fourth-order valence-corrected chi connectivity index (χ4v) is 2.46. The Morgan fingerprint density at radius 3 is 3.11 bits per heavy atom. The molecular formula is C13H17ClN2O2. The van der Waals surface area contributed by atoms with Crippen molar-refractivity contribution >= 4 is 23.2 Å². The molecule has 0 spiro atoms. The van der Waals surface area contributed by atoms with Gasteiger partial charge in [-0.05, 0) is 24.6 Å². The van der Waals surface area contributed by atoms with Crippen LogP contribution in [0, 0.1) is 5.92 Å². The molecule has 0 saturated carbocycles. The van der Waals surface area contributed by atoms with Crippen molar-refractivity contribution in [1.82, 2.24) is 4.90 Å². The Hall–Kier alpha value is -1.26. The number of likely N-dealkylation sites (tertiary alicyclic amines) is 1. The number of rotatable bonds is 3. The predicted molar refractivity (Wildman–Crippen MR) is 71.8 cm³/mol. The van der Waals surface area contributed by atoms with Crippen LogP contribution in [-0.4, -0.2) is 37.6 Å². The normalized spacial score (nSPS) is 19.2. The molecule has 1 aromatic carbocycles. The van der Waals surface area contributed by atoms with E-state index in [1.807, 2.05) is 4.90 Å². The second-order valence-electron chi connectivity index (χ2n) is 4.60. The van der Waals surface area contributed by atoms with Crippen molar-refractivity contribution in [1.29, 1.82) is 0 Å². The van der Waals surface area contributed by atoms with E-state index < -0.39 is 0 Å². The van der Waals surface area contributed by atoms with Crippen molar-refractivity contribution in [3.8, 4) is 0 Å². The second kappa shape index (κ2) is 5.59. The molecule has 1 heterocycles. The van der Waals surface area contributed by atoms with E-state index in [-0.39, 0.29) is 5.91 Å². The summed E-state index contributed by atoms with van der Waals surface area (Å²) in [6, 6.07) is 4.98. The Bertz CT molecular complexity index is 451. The van der Waals surface area contributed by atoms with Gasteiger partial charge in [-0.15, -0.1) is 0 Å². The molecule has 0 aliphatic carbocycles. The van der Waals surface area contributed by atoms with Gasteiger partial charge in [0.25, 0.3) is 5.91 Å². The summed E-state index contributed by atoms with van der Waals surface area (Å²) in [5.41, 5.74) is 6.72. The molecule has 1 fully saturated rings. The molecule has 4 nitrogen and oxygen atoms in total. The van der Waals surface area contributed by atoms with E-state index in [0.717, 1.165) is 19.5 Å². The second-order valence-corrected chi connectivity index (χ2v) is 5.01. The predicted octanol–water partition coefficient (Wildman–Crippen LogP) is 2.03. The van der Waals surface area contributed by atoms with Gasteiger partial charge in [0.1, 0.15) is 0 Å². The summed E-state index contributed by atoms with van der Waals surface area (Å²) < 4.78 is 5.12. The fraction of sp³-hybridized carbons (Fsp3) is 0.462. The summed E-state index contributed by atoms with van der Waals surface area (Å²) >= 11 is 6.04. The average Bonchev–Trinajstić information content (AvgIpc) is 2.80. The van der Waals surface area contributed by atoms with Crippen molar-refractivity contribution in [2.24, 2.45) is 5.92 Å². The summed E-state index contributed by atoms with van der Waals surface area (Å²) in [4.78, 5) is 14.1. The van der Waals surface area contributed by atoms with Crippen molar-refractivity contribution in [2.75, 3.05) is 32.5 Å². The molecule has 18 heavy (non-hydrogen) atoms. The number of nitrogen functional groups attached to an aromatic ring is 1. The van der Waals surface area contributed by atoms with Crippen LogP contribution in [0.25, 0.3) is 0 Å². The highest BCUT2D eigenvalue weighted by molar-refractivity contribution is 6.34. The van der Waals surface area contributed by atoms with E-state index in [9.17, 15) is 4.79 Å². The molecule has 0 bridgehead atoms. The Morgan fingerprint density at radius 2 is 2.39 bits per heavy atom. The van der Waals surface area contributed by atoms with Crippen LogP contribution in [0.15, 0.2) is 18.2 Å². The number of amides is 1. The van der Waals surface area contributed by atoms with Crippen LogP contribution in [0.4, 0.5) is 5.69 Å². The number of hydrogen-bond acceptors (Lipinski definition) is 3. The molecule has 1 atom stereocenters. The van der Waals surface area contributed by atoms with E-state index >= 15 is 0 Å². The van der Waals surface area contributed by atoms with Gasteiger partial charge < -0.3 is 15.4 Å². The van der Waals surface area contributed by atoms with Gasteiger partial charge in [-0.1, -0.05) is 11.6 Å². The largest absolute Gasteiger partial charge is 0.399 e. The maximum absolute atomic E-state index is 12.3. The van der Waals surface area contributed by atoms with E-state index in [1.165, 1.54) is 0 Å². The number of carbonyl (C=O) groups is 1. The molecule has 1 aliphatic rings. The van der Waals surface area contributed by atoms with Crippen LogP contribution >= 0.6 is 11.6 Å². The third-order valence-electron chi connectivity index (χ3n) is 3.20. The number of hydrogen-bond donors (Lipinski definition) is 1. The first-order valence-electron chi connectivity index (χ1n) is 5.95. The number of methoxy groups -OCH3 is 1. The van der Waals surface area contributed by atoms with E-state index in [2.05, 4.69) is 0 Å². The number of ether oxygens (including phenoxy) is 1. The maximum atomic E-state index is 12.3. The average molecular weight is 269 g/mol. The maximum Gasteiger partial charge on any atom is 0.255 e. The number of anilines is 1. The SMILES string of the molecule is COCC1CCN(C(=O)c2cc(N)ccc2Cl)C1. The summed E-state index contributed by atoms with van der Waals surface area (Å²) in [6.45, 7) is 2.16. The molecule has 2 N–H and O–H groups in total. The topological polar surface area (TPSA) is 55.6 Å². The number of carbonyl (C=O) groups excluding carboxylic acids is 1. The molecule has 1 unspecified atom stereocenters. The van der Waals surface area contributed by atoms with Crippen molar-refractivity contribution in [2.45, 2.75) is 6.42 Å². The minimum Gasteiger partial charge on any atom is -0.399 e. The highest BCUT2D eigenvalue weighted by Gasteiger charge is 2.27. The highest BCUT2D eigenvalue weighted by Crippen LogP contribution is 2.24. The zero-order chi connectivity index (χ0) is 13.1. The quantitative estimate of drug-likeness (QED) is 0.854. The van der Waals surface area contributed by atoms with Gasteiger partial charge >= 0.3 is 0 Å². The van der Waals surface area contributed by atoms with Gasteiger partial charge in [-0.2, -0.15) is 0 Å². The molecule has 1 aromatic rings. The third kappa shape index (κ3) is 2.76. The molecule has 1 aliphatic heterocycles. The lowest BCUT2D eigenvalue weighted by molar-refractivity contribution is 0.0775. The van der Waals surface area contributed by atoms with Gasteiger partial charge in [0.15, 0.2) is 0 Å². The van der Waals surface area contributed by atoms with Crippen LogP contribution < -0.4 is 5.73 Å². The van der Waals surface area contributed by atoms with E-state index in [0.29, 0.717) is 28.8 Å². The molecule has 0 radical (unpaired) electrons. The number of nitrogens with two attached hydrogens (primary N) is 1. The molecule has 2 rings (SSSR count). The minimum atomic E-state index is -0.0501. The minimum absolute atomic E-state index is 0.0501. The Morgan fingerprint density at radius 1 is 1.61 bits per heavy atom. The van der Waals surface area contributed by atoms with E-state index in [4.69, 9.17) is 22.1 Å². The van der Waals surface area contributed by atoms with Crippen LogP contribution in [-0.2, 0) is 4.74 Å². The van der Waals surface area contributed by atoms with Crippen molar-refractivity contribution in [3.05, 3.63) is 28.8 Å². The lowest BCUT2D eigenvalue weighted by atomic mass is 10.1. The lowest BCUT2D eigenvalue weighted by Gasteiger charge is -2.17.